The summed E-state index contributed by atoms with van der Waals surface area (Å²) in [6, 6.07) is 0. The van der Waals surface area contributed by atoms with Gasteiger partial charge in [0, 0.05) is 7.11 Å². The highest BCUT2D eigenvalue weighted by Crippen LogP contribution is 2.24. The summed E-state index contributed by atoms with van der Waals surface area (Å²) in [4.78, 5) is 0. The molecule has 2 heteroatoms. The molecule has 0 aromatic rings. The molecule has 0 saturated heterocycles. The largest absolute Gasteiger partial charge is 0.381 e. The van der Waals surface area contributed by atoms with E-state index in [0.717, 1.165) is 6.54 Å². The summed E-state index contributed by atoms with van der Waals surface area (Å²) in [5.41, 5.74) is 5.66. The lowest BCUT2D eigenvalue weighted by molar-refractivity contribution is 0.0500. The summed E-state index contributed by atoms with van der Waals surface area (Å²) in [6.07, 6.45) is 6.91. The molecule has 0 radical (unpaired) electrons. The molecule has 1 saturated carbocycles. The van der Waals surface area contributed by atoms with Gasteiger partial charge in [0.1, 0.15) is 0 Å². The molecule has 2 N–H and O–H groups in total. The van der Waals surface area contributed by atoms with Gasteiger partial charge in [-0.1, -0.05) is 19.3 Å². The van der Waals surface area contributed by atoms with E-state index in [2.05, 4.69) is 0 Å². The molecule has 2 atom stereocenters. The topological polar surface area (TPSA) is 35.2 Å². The maximum Gasteiger partial charge on any atom is 0.0611 e. The Balaban J connectivity index is 2.41. The molecular formula is C9H19NO. The second-order valence-electron chi connectivity index (χ2n) is 3.41. The van der Waals surface area contributed by atoms with Gasteiger partial charge in [-0.15, -0.1) is 0 Å². The molecule has 0 bridgehead atoms. The van der Waals surface area contributed by atoms with Crippen molar-refractivity contribution in [2.75, 3.05) is 13.7 Å². The highest BCUT2D eigenvalue weighted by Gasteiger charge is 2.21. The number of methoxy groups -OCH3 is 1. The van der Waals surface area contributed by atoms with Crippen molar-refractivity contribution in [2.24, 2.45) is 11.7 Å². The van der Waals surface area contributed by atoms with Gasteiger partial charge < -0.3 is 10.5 Å². The Labute approximate surface area is 69.1 Å². The molecule has 1 aliphatic rings. The van der Waals surface area contributed by atoms with Gasteiger partial charge in [0.2, 0.25) is 0 Å². The smallest absolute Gasteiger partial charge is 0.0611 e. The van der Waals surface area contributed by atoms with E-state index < -0.39 is 0 Å². The molecule has 66 valence electrons. The summed E-state index contributed by atoms with van der Waals surface area (Å²) in [7, 11) is 1.80. The number of hydrogen-bond acceptors (Lipinski definition) is 2. The Hall–Kier alpha value is -0.0800. The van der Waals surface area contributed by atoms with Crippen molar-refractivity contribution in [1.29, 1.82) is 0 Å². The summed E-state index contributed by atoms with van der Waals surface area (Å²) in [5.74, 6) is 0.613. The maximum atomic E-state index is 5.66. The highest BCUT2D eigenvalue weighted by molar-refractivity contribution is 4.74. The van der Waals surface area contributed by atoms with E-state index >= 15 is 0 Å². The number of ether oxygens (including phenoxy) is 1. The lowest BCUT2D eigenvalue weighted by Gasteiger charge is -2.21. The standard InChI is InChI=1S/C9H19NO/c1-11-9-6-4-2-3-5-8(9)7-10/h8-9H,2-7,10H2,1H3. The first-order chi connectivity index (χ1) is 5.38. The predicted molar refractivity (Wildman–Crippen MR) is 46.4 cm³/mol. The molecule has 2 unspecified atom stereocenters. The van der Waals surface area contributed by atoms with Crippen molar-refractivity contribution >= 4 is 0 Å². The highest BCUT2D eigenvalue weighted by atomic mass is 16.5. The average molecular weight is 157 g/mol. The van der Waals surface area contributed by atoms with Crippen LogP contribution in [0.4, 0.5) is 0 Å². The molecule has 0 heterocycles. The van der Waals surface area contributed by atoms with Gasteiger partial charge in [-0.3, -0.25) is 0 Å². The van der Waals surface area contributed by atoms with Crippen molar-refractivity contribution in [3.05, 3.63) is 0 Å². The van der Waals surface area contributed by atoms with Crippen LogP contribution in [0.25, 0.3) is 0 Å². The number of hydrogen-bond donors (Lipinski definition) is 1. The molecule has 0 aromatic heterocycles. The second-order valence-corrected chi connectivity index (χ2v) is 3.41. The third-order valence-electron chi connectivity index (χ3n) is 2.69. The Morgan fingerprint density at radius 2 is 2.00 bits per heavy atom. The van der Waals surface area contributed by atoms with E-state index in [1.807, 2.05) is 0 Å². The molecule has 1 aliphatic carbocycles. The van der Waals surface area contributed by atoms with Crippen molar-refractivity contribution in [1.82, 2.24) is 0 Å². The zero-order valence-electron chi connectivity index (χ0n) is 7.38. The molecule has 1 fully saturated rings. The normalized spacial score (nSPS) is 33.3. The van der Waals surface area contributed by atoms with Crippen LogP contribution in [0.2, 0.25) is 0 Å². The fourth-order valence-corrected chi connectivity index (χ4v) is 1.93. The monoisotopic (exact) mass is 157 g/mol. The minimum Gasteiger partial charge on any atom is -0.381 e. The van der Waals surface area contributed by atoms with Crippen molar-refractivity contribution in [2.45, 2.75) is 38.2 Å². The maximum absolute atomic E-state index is 5.66. The second kappa shape index (κ2) is 4.73. The van der Waals surface area contributed by atoms with Gasteiger partial charge >= 0.3 is 0 Å². The van der Waals surface area contributed by atoms with Crippen molar-refractivity contribution < 1.29 is 4.74 Å². The van der Waals surface area contributed by atoms with E-state index in [1.165, 1.54) is 32.1 Å². The number of rotatable bonds is 2. The molecule has 1 rings (SSSR count). The molecule has 0 amide bonds. The minimum absolute atomic E-state index is 0.433. The van der Waals surface area contributed by atoms with Gasteiger partial charge in [0.05, 0.1) is 6.10 Å². The van der Waals surface area contributed by atoms with Crippen LogP contribution in [0.3, 0.4) is 0 Å². The Morgan fingerprint density at radius 3 is 2.64 bits per heavy atom. The van der Waals surface area contributed by atoms with Crippen LogP contribution in [0.5, 0.6) is 0 Å². The molecular weight excluding hydrogens is 138 g/mol. The van der Waals surface area contributed by atoms with Crippen LogP contribution in [0.15, 0.2) is 0 Å². The van der Waals surface area contributed by atoms with E-state index in [9.17, 15) is 0 Å². The Kier molecular flexibility index (Phi) is 3.87. The first-order valence-electron chi connectivity index (χ1n) is 4.61. The van der Waals surface area contributed by atoms with E-state index in [-0.39, 0.29) is 0 Å². The van der Waals surface area contributed by atoms with E-state index in [1.54, 1.807) is 7.11 Å². The van der Waals surface area contributed by atoms with Crippen LogP contribution < -0.4 is 5.73 Å². The number of nitrogens with two attached hydrogens (primary N) is 1. The third-order valence-corrected chi connectivity index (χ3v) is 2.69. The predicted octanol–water partition coefficient (Wildman–Crippen LogP) is 1.54. The lowest BCUT2D eigenvalue weighted by atomic mass is 9.98. The van der Waals surface area contributed by atoms with Crippen LogP contribution in [0, 0.1) is 5.92 Å². The zero-order chi connectivity index (χ0) is 8.10. The summed E-state index contributed by atoms with van der Waals surface area (Å²) < 4.78 is 5.39. The Bertz CT molecular complexity index is 93.7. The lowest BCUT2D eigenvalue weighted by Crippen LogP contribution is -2.28. The van der Waals surface area contributed by atoms with Gasteiger partial charge in [0.25, 0.3) is 0 Å². The van der Waals surface area contributed by atoms with Crippen LogP contribution in [-0.2, 0) is 4.74 Å². The molecule has 0 aliphatic heterocycles. The third kappa shape index (κ3) is 2.46. The quantitative estimate of drug-likeness (QED) is 0.617. The SMILES string of the molecule is COC1CCCCCC1CN. The molecule has 0 spiro atoms. The van der Waals surface area contributed by atoms with E-state index in [4.69, 9.17) is 10.5 Å². The van der Waals surface area contributed by atoms with Gasteiger partial charge in [0.15, 0.2) is 0 Å². The van der Waals surface area contributed by atoms with E-state index in [0.29, 0.717) is 12.0 Å². The first-order valence-corrected chi connectivity index (χ1v) is 4.61. The first kappa shape index (κ1) is 9.01. The van der Waals surface area contributed by atoms with Crippen LogP contribution in [-0.4, -0.2) is 19.8 Å². The zero-order valence-corrected chi connectivity index (χ0v) is 7.38. The molecule has 11 heavy (non-hydrogen) atoms. The average Bonchev–Trinajstić information content (AvgIpc) is 2.27. The fourth-order valence-electron chi connectivity index (χ4n) is 1.93. The fraction of sp³-hybridized carbons (Fsp3) is 1.00. The van der Waals surface area contributed by atoms with Crippen LogP contribution in [0.1, 0.15) is 32.1 Å². The molecule has 0 aromatic carbocycles. The summed E-state index contributed by atoms with van der Waals surface area (Å²) in [5, 5.41) is 0. The van der Waals surface area contributed by atoms with Crippen LogP contribution >= 0.6 is 0 Å². The van der Waals surface area contributed by atoms with Gasteiger partial charge in [-0.25, -0.2) is 0 Å². The molecule has 2 nitrogen and oxygen atoms in total. The van der Waals surface area contributed by atoms with Gasteiger partial charge in [-0.05, 0) is 25.3 Å². The summed E-state index contributed by atoms with van der Waals surface area (Å²) >= 11 is 0. The Morgan fingerprint density at radius 1 is 1.27 bits per heavy atom. The summed E-state index contributed by atoms with van der Waals surface area (Å²) in [6.45, 7) is 0.790. The van der Waals surface area contributed by atoms with Crippen molar-refractivity contribution in [3.8, 4) is 0 Å². The minimum atomic E-state index is 0.433. The van der Waals surface area contributed by atoms with Crippen molar-refractivity contribution in [3.63, 3.8) is 0 Å². The van der Waals surface area contributed by atoms with Gasteiger partial charge in [-0.2, -0.15) is 0 Å².